The van der Waals surface area contributed by atoms with E-state index in [1.54, 1.807) is 27.7 Å². The number of hydrogen-bond acceptors (Lipinski definition) is 13. The third kappa shape index (κ3) is 9.52. The molecular formula is C44H65N3O9S2. The first-order chi connectivity index (χ1) is 27.8. The number of hydrogen-bond donors (Lipinski definition) is 6. The molecule has 6 N–H and O–H groups in total. The molecule has 58 heavy (non-hydrogen) atoms. The van der Waals surface area contributed by atoms with Crippen LogP contribution in [0.3, 0.4) is 0 Å². The molecular weight excluding hydrogens is 779 g/mol. The molecule has 0 spiro atoms. The molecule has 2 aliphatic carbocycles. The van der Waals surface area contributed by atoms with Crippen molar-refractivity contribution in [1.82, 2.24) is 16.0 Å². The first-order valence-electron chi connectivity index (χ1n) is 21.7. The van der Waals surface area contributed by atoms with Gasteiger partial charge in [0.25, 0.3) is 0 Å². The van der Waals surface area contributed by atoms with Gasteiger partial charge in [-0.15, -0.1) is 0 Å². The molecule has 7 aliphatic rings. The number of aromatic hydroxyl groups is 1. The molecule has 10 atom stereocenters. The lowest BCUT2D eigenvalue weighted by atomic mass is 9.66. The van der Waals surface area contributed by atoms with E-state index in [-0.39, 0.29) is 47.1 Å². The largest absolute Gasteiger partial charge is 0.504 e. The summed E-state index contributed by atoms with van der Waals surface area (Å²) in [6.07, 6.45) is 11.6. The quantitative estimate of drug-likeness (QED) is 0.104. The predicted molar refractivity (Wildman–Crippen MR) is 226 cm³/mol. The van der Waals surface area contributed by atoms with E-state index in [0.717, 1.165) is 43.2 Å². The van der Waals surface area contributed by atoms with Crippen molar-refractivity contribution in [2.24, 2.45) is 23.2 Å². The second-order valence-corrected chi connectivity index (χ2v) is 20.8. The first-order valence-corrected chi connectivity index (χ1v) is 24.1. The van der Waals surface area contributed by atoms with Crippen molar-refractivity contribution in [3.63, 3.8) is 0 Å². The summed E-state index contributed by atoms with van der Waals surface area (Å²) in [5, 5.41) is 44.3. The SMILES string of the molecule is CNC1C2C=CC(CC(C(CC(OC(=O)C34CCCCC3CCC(=O)N4)C3(Cc4ccc(O)c5c4CCCO5)CCNCC3)OC(C)=O)CCC(C)(O)CSS2)C1O. The minimum absolute atomic E-state index is 0.0158. The van der Waals surface area contributed by atoms with Gasteiger partial charge in [-0.3, -0.25) is 9.59 Å². The fourth-order valence-electron chi connectivity index (χ4n) is 11.0. The number of phenolic OH excluding ortho intramolecular Hbond substituents is 1. The molecule has 322 valence electrons. The average molecular weight is 844 g/mol. The number of rotatable bonds is 10. The molecule has 1 amide bonds. The van der Waals surface area contributed by atoms with Gasteiger partial charge in [0.1, 0.15) is 17.7 Å². The van der Waals surface area contributed by atoms with Crippen LogP contribution in [-0.2, 0) is 36.7 Å². The fourth-order valence-corrected chi connectivity index (χ4v) is 14.1. The van der Waals surface area contributed by atoms with Gasteiger partial charge in [0.2, 0.25) is 5.91 Å². The second-order valence-electron chi connectivity index (χ2n) is 18.3. The van der Waals surface area contributed by atoms with E-state index >= 15 is 4.79 Å². The standard InChI is InChI=1S/C44H65N3O9S2/c1-27(48)55-34(28-15-17-42(2,53)26-57-58-35-13-10-29(23-28)39(51)38(35)45-3)24-36(56-41(52)44-16-5-4-7-31(44)11-14-37(50)47-44)43(18-20-46-21-19-43)25-30-9-12-33(49)40-32(30)8-6-22-54-40/h9-10,12-13,28-29,31,34-36,38-39,45-46,49,51,53H,4-8,11,14-26H2,1-3H3,(H,47,50). The number of fused-ring (bicyclic) bond motifs is 10. The lowest BCUT2D eigenvalue weighted by Crippen LogP contribution is -2.65. The highest BCUT2D eigenvalue weighted by Gasteiger charge is 2.54. The maximum absolute atomic E-state index is 15.1. The van der Waals surface area contributed by atoms with Crippen LogP contribution in [0.5, 0.6) is 11.5 Å². The molecule has 1 saturated carbocycles. The molecule has 0 radical (unpaired) electrons. The van der Waals surface area contributed by atoms with Crippen LogP contribution in [-0.4, -0.2) is 106 Å². The number of likely N-dealkylation sites (N-methyl/N-ethyl adjacent to an activating group) is 1. The fraction of sp³-hybridized carbons (Fsp3) is 0.750. The van der Waals surface area contributed by atoms with Crippen molar-refractivity contribution in [3.05, 3.63) is 35.4 Å². The molecule has 5 heterocycles. The van der Waals surface area contributed by atoms with Crippen LogP contribution in [0.25, 0.3) is 0 Å². The molecule has 5 aliphatic heterocycles. The predicted octanol–water partition coefficient (Wildman–Crippen LogP) is 5.14. The minimum atomic E-state index is -1.11. The van der Waals surface area contributed by atoms with Crippen molar-refractivity contribution in [3.8, 4) is 11.5 Å². The van der Waals surface area contributed by atoms with E-state index < -0.39 is 46.8 Å². The summed E-state index contributed by atoms with van der Waals surface area (Å²) in [4.78, 5) is 41.3. The third-order valence-electron chi connectivity index (χ3n) is 14.3. The van der Waals surface area contributed by atoms with Crippen LogP contribution in [0.4, 0.5) is 0 Å². The van der Waals surface area contributed by atoms with Gasteiger partial charge < -0.3 is 45.5 Å². The number of nitrogens with one attached hydrogen (secondary N) is 3. The topological polar surface area (TPSA) is 176 Å². The van der Waals surface area contributed by atoms with Crippen LogP contribution < -0.4 is 20.7 Å². The van der Waals surface area contributed by atoms with Gasteiger partial charge in [-0.25, -0.2) is 4.79 Å². The molecule has 1 aromatic carbocycles. The summed E-state index contributed by atoms with van der Waals surface area (Å²) in [7, 11) is 5.13. The second kappa shape index (κ2) is 18.6. The monoisotopic (exact) mass is 843 g/mol. The number of ether oxygens (including phenoxy) is 3. The molecule has 1 aromatic rings. The van der Waals surface area contributed by atoms with Crippen molar-refractivity contribution in [2.45, 2.75) is 151 Å². The zero-order valence-corrected chi connectivity index (χ0v) is 36.1. The summed E-state index contributed by atoms with van der Waals surface area (Å²) in [5.74, 6) is -0.380. The average Bonchev–Trinajstić information content (AvgIpc) is 3.20. The lowest BCUT2D eigenvalue weighted by Gasteiger charge is -2.49. The minimum Gasteiger partial charge on any atom is -0.504 e. The Labute approximate surface area is 351 Å². The van der Waals surface area contributed by atoms with Crippen LogP contribution >= 0.6 is 21.6 Å². The normalized spacial score (nSPS) is 34.7. The van der Waals surface area contributed by atoms with Gasteiger partial charge in [-0.1, -0.05) is 52.6 Å². The van der Waals surface area contributed by atoms with Crippen LogP contribution in [0, 0.1) is 23.2 Å². The summed E-state index contributed by atoms with van der Waals surface area (Å²) in [5.41, 5.74) is -0.674. The number of piperidine rings is 2. The number of phenols is 1. The Morgan fingerprint density at radius 1 is 1.05 bits per heavy atom. The Morgan fingerprint density at radius 2 is 1.86 bits per heavy atom. The number of aliphatic hydroxyl groups is 2. The van der Waals surface area contributed by atoms with E-state index in [9.17, 15) is 24.9 Å². The molecule has 12 nitrogen and oxygen atoms in total. The van der Waals surface area contributed by atoms with E-state index in [4.69, 9.17) is 14.2 Å². The van der Waals surface area contributed by atoms with Crippen molar-refractivity contribution >= 4 is 39.4 Å². The van der Waals surface area contributed by atoms with Gasteiger partial charge in [0.15, 0.2) is 11.5 Å². The zero-order valence-electron chi connectivity index (χ0n) is 34.5. The van der Waals surface area contributed by atoms with Gasteiger partial charge in [0.05, 0.1) is 23.6 Å². The van der Waals surface area contributed by atoms with Gasteiger partial charge in [0, 0.05) is 48.5 Å². The first kappa shape index (κ1) is 43.6. The van der Waals surface area contributed by atoms with Crippen LogP contribution in [0.2, 0.25) is 0 Å². The molecule has 2 bridgehead atoms. The summed E-state index contributed by atoms with van der Waals surface area (Å²) < 4.78 is 19.4. The highest BCUT2D eigenvalue weighted by molar-refractivity contribution is 8.77. The maximum atomic E-state index is 15.1. The molecule has 3 saturated heterocycles. The van der Waals surface area contributed by atoms with E-state index in [2.05, 4.69) is 28.1 Å². The Kier molecular flexibility index (Phi) is 14.0. The molecule has 14 heteroatoms. The smallest absolute Gasteiger partial charge is 0.332 e. The zero-order chi connectivity index (χ0) is 41.1. The van der Waals surface area contributed by atoms with Crippen molar-refractivity contribution in [2.75, 3.05) is 32.5 Å². The molecule has 4 fully saturated rings. The number of benzene rings is 1. The number of amides is 1. The third-order valence-corrected chi connectivity index (χ3v) is 17.2. The number of aliphatic hydroxyl groups excluding tert-OH is 1. The van der Waals surface area contributed by atoms with E-state index in [0.29, 0.717) is 89.0 Å². The Morgan fingerprint density at radius 3 is 2.64 bits per heavy atom. The Bertz CT molecular complexity index is 1670. The number of carbonyl (C=O) groups is 3. The van der Waals surface area contributed by atoms with Gasteiger partial charge in [-0.05, 0) is 121 Å². The van der Waals surface area contributed by atoms with E-state index in [1.807, 2.05) is 20.0 Å². The van der Waals surface area contributed by atoms with Crippen LogP contribution in [0.1, 0.15) is 108 Å². The van der Waals surface area contributed by atoms with Crippen molar-refractivity contribution < 1.29 is 43.9 Å². The Hall–Kier alpha value is -2.49. The van der Waals surface area contributed by atoms with Gasteiger partial charge in [-0.2, -0.15) is 0 Å². The van der Waals surface area contributed by atoms with E-state index in [1.165, 1.54) is 6.92 Å². The summed E-state index contributed by atoms with van der Waals surface area (Å²) >= 11 is 0. The van der Waals surface area contributed by atoms with Crippen molar-refractivity contribution in [1.29, 1.82) is 0 Å². The van der Waals surface area contributed by atoms with Crippen LogP contribution in [0.15, 0.2) is 24.3 Å². The number of esters is 2. The number of carbonyl (C=O) groups excluding carboxylic acids is 3. The Balaban J connectivity index is 1.30. The highest BCUT2D eigenvalue weighted by Crippen LogP contribution is 2.48. The molecule has 8 rings (SSSR count). The maximum Gasteiger partial charge on any atom is 0.332 e. The molecule has 10 unspecified atom stereocenters. The van der Waals surface area contributed by atoms with Gasteiger partial charge >= 0.3 is 11.9 Å². The summed E-state index contributed by atoms with van der Waals surface area (Å²) in [6.45, 7) is 5.20. The highest BCUT2D eigenvalue weighted by atomic mass is 33.1. The molecule has 0 aromatic heterocycles. The summed E-state index contributed by atoms with van der Waals surface area (Å²) in [6, 6.07) is 3.46. The lowest BCUT2D eigenvalue weighted by molar-refractivity contribution is -0.180.